The molecule has 0 spiro atoms. The van der Waals surface area contributed by atoms with Gasteiger partial charge in [-0.15, -0.1) is 0 Å². The van der Waals surface area contributed by atoms with E-state index in [1.54, 1.807) is 16.9 Å². The summed E-state index contributed by atoms with van der Waals surface area (Å²) in [7, 11) is 4.04. The van der Waals surface area contributed by atoms with Crippen LogP contribution < -0.4 is 11.1 Å². The largest absolute Gasteiger partial charge is 0.352 e. The molecule has 6 heteroatoms. The quantitative estimate of drug-likeness (QED) is 0.749. The first-order chi connectivity index (χ1) is 10.6. The van der Waals surface area contributed by atoms with E-state index in [1.807, 2.05) is 38.5 Å². The monoisotopic (exact) mass is 301 g/mol. The summed E-state index contributed by atoms with van der Waals surface area (Å²) < 4.78 is 1.69. The highest BCUT2D eigenvalue weighted by Gasteiger charge is 2.12. The Hall–Kier alpha value is -2.18. The van der Waals surface area contributed by atoms with Crippen LogP contribution in [0, 0.1) is 0 Å². The van der Waals surface area contributed by atoms with Gasteiger partial charge in [-0.3, -0.25) is 4.79 Å². The van der Waals surface area contributed by atoms with E-state index in [1.165, 1.54) is 0 Å². The van der Waals surface area contributed by atoms with Crippen LogP contribution in [0.15, 0.2) is 36.7 Å². The van der Waals surface area contributed by atoms with Gasteiger partial charge in [-0.25, -0.2) is 4.68 Å². The minimum atomic E-state index is -0.0841. The lowest BCUT2D eigenvalue weighted by Gasteiger charge is -2.12. The van der Waals surface area contributed by atoms with Crippen LogP contribution in [0.3, 0.4) is 0 Å². The average Bonchev–Trinajstić information content (AvgIpc) is 3.00. The molecule has 118 valence electrons. The Morgan fingerprint density at radius 1 is 1.36 bits per heavy atom. The second kappa shape index (κ2) is 7.72. The fraction of sp³-hybridized carbons (Fsp3) is 0.375. The van der Waals surface area contributed by atoms with Crippen molar-refractivity contribution in [3.8, 4) is 5.69 Å². The molecule has 0 saturated heterocycles. The molecule has 22 heavy (non-hydrogen) atoms. The summed E-state index contributed by atoms with van der Waals surface area (Å²) >= 11 is 0. The lowest BCUT2D eigenvalue weighted by Crippen LogP contribution is -2.28. The lowest BCUT2D eigenvalue weighted by atomic mass is 10.1. The smallest absolute Gasteiger partial charge is 0.253 e. The predicted molar refractivity (Wildman–Crippen MR) is 87.0 cm³/mol. The Labute approximate surface area is 130 Å². The van der Waals surface area contributed by atoms with Crippen molar-refractivity contribution < 1.29 is 4.79 Å². The summed E-state index contributed by atoms with van der Waals surface area (Å²) in [6.45, 7) is 2.03. The first-order valence-corrected chi connectivity index (χ1v) is 7.37. The number of rotatable bonds is 7. The van der Waals surface area contributed by atoms with Gasteiger partial charge in [0.15, 0.2) is 0 Å². The van der Waals surface area contributed by atoms with Crippen LogP contribution in [-0.4, -0.2) is 47.8 Å². The molecule has 0 atom stereocenters. The van der Waals surface area contributed by atoms with Gasteiger partial charge in [-0.1, -0.05) is 12.1 Å². The third kappa shape index (κ3) is 4.16. The van der Waals surface area contributed by atoms with E-state index in [0.29, 0.717) is 18.7 Å². The van der Waals surface area contributed by atoms with Gasteiger partial charge in [0.25, 0.3) is 5.91 Å². The average molecular weight is 301 g/mol. The molecule has 0 fully saturated rings. The highest BCUT2D eigenvalue weighted by Crippen LogP contribution is 2.14. The Morgan fingerprint density at radius 2 is 2.14 bits per heavy atom. The summed E-state index contributed by atoms with van der Waals surface area (Å²) in [5.41, 5.74) is 7.91. The number of nitrogens with zero attached hydrogens (tertiary/aromatic N) is 3. The van der Waals surface area contributed by atoms with Gasteiger partial charge in [-0.05, 0) is 39.2 Å². The van der Waals surface area contributed by atoms with Crippen LogP contribution in [0.2, 0.25) is 0 Å². The molecule has 0 bridgehead atoms. The lowest BCUT2D eigenvalue weighted by molar-refractivity contribution is 0.0952. The van der Waals surface area contributed by atoms with Crippen molar-refractivity contribution in [2.45, 2.75) is 13.0 Å². The summed E-state index contributed by atoms with van der Waals surface area (Å²) in [5.74, 6) is -0.0841. The highest BCUT2D eigenvalue weighted by atomic mass is 16.1. The van der Waals surface area contributed by atoms with Crippen molar-refractivity contribution in [1.82, 2.24) is 20.0 Å². The van der Waals surface area contributed by atoms with Crippen molar-refractivity contribution >= 4 is 5.91 Å². The standard InChI is InChI=1S/C16H23N5O/c1-20(2)9-5-8-18-16(22)14-6-3-4-7-15(14)21-12-13(10-17)11-19-21/h3-4,6-7,11-12H,5,8-10,17H2,1-2H3,(H,18,22). The molecule has 2 rings (SSSR count). The normalized spacial score (nSPS) is 10.9. The van der Waals surface area contributed by atoms with Crippen LogP contribution in [0.5, 0.6) is 0 Å². The van der Waals surface area contributed by atoms with Crippen LogP contribution in [0.4, 0.5) is 0 Å². The maximum Gasteiger partial charge on any atom is 0.253 e. The Balaban J connectivity index is 2.09. The zero-order valence-electron chi connectivity index (χ0n) is 13.1. The summed E-state index contributed by atoms with van der Waals surface area (Å²) in [6, 6.07) is 7.43. The van der Waals surface area contributed by atoms with Crippen LogP contribution in [-0.2, 0) is 6.54 Å². The Morgan fingerprint density at radius 3 is 2.82 bits per heavy atom. The summed E-state index contributed by atoms with van der Waals surface area (Å²) in [5, 5.41) is 7.22. The minimum Gasteiger partial charge on any atom is -0.352 e. The van der Waals surface area contributed by atoms with Crippen molar-refractivity contribution in [1.29, 1.82) is 0 Å². The molecule has 0 unspecified atom stereocenters. The number of nitrogens with two attached hydrogens (primary N) is 1. The van der Waals surface area contributed by atoms with Gasteiger partial charge in [0.1, 0.15) is 0 Å². The van der Waals surface area contributed by atoms with Crippen molar-refractivity contribution in [2.24, 2.45) is 5.73 Å². The van der Waals surface area contributed by atoms with Gasteiger partial charge in [0.2, 0.25) is 0 Å². The molecule has 1 aromatic heterocycles. The summed E-state index contributed by atoms with van der Waals surface area (Å²) in [6.07, 6.45) is 4.48. The number of benzene rings is 1. The first kappa shape index (κ1) is 16.2. The number of hydrogen-bond donors (Lipinski definition) is 2. The third-order valence-electron chi connectivity index (χ3n) is 3.33. The van der Waals surface area contributed by atoms with Crippen LogP contribution >= 0.6 is 0 Å². The highest BCUT2D eigenvalue weighted by molar-refractivity contribution is 5.97. The second-order valence-corrected chi connectivity index (χ2v) is 5.43. The second-order valence-electron chi connectivity index (χ2n) is 5.43. The number of nitrogens with one attached hydrogen (secondary N) is 1. The third-order valence-corrected chi connectivity index (χ3v) is 3.33. The maximum atomic E-state index is 12.4. The van der Waals surface area contributed by atoms with Gasteiger partial charge in [-0.2, -0.15) is 5.10 Å². The predicted octanol–water partition coefficient (Wildman–Crippen LogP) is 1.01. The zero-order valence-corrected chi connectivity index (χ0v) is 13.1. The minimum absolute atomic E-state index is 0.0841. The molecule has 1 heterocycles. The molecule has 0 aliphatic heterocycles. The number of aromatic nitrogens is 2. The molecule has 1 aromatic carbocycles. The SMILES string of the molecule is CN(C)CCCNC(=O)c1ccccc1-n1cc(CN)cn1. The van der Waals surface area contributed by atoms with E-state index in [4.69, 9.17) is 5.73 Å². The first-order valence-electron chi connectivity index (χ1n) is 7.37. The molecular formula is C16H23N5O. The number of para-hydroxylation sites is 1. The van der Waals surface area contributed by atoms with Gasteiger partial charge < -0.3 is 16.0 Å². The molecule has 0 radical (unpaired) electrons. The molecule has 3 N–H and O–H groups in total. The molecular weight excluding hydrogens is 278 g/mol. The maximum absolute atomic E-state index is 12.4. The Kier molecular flexibility index (Phi) is 5.68. The summed E-state index contributed by atoms with van der Waals surface area (Å²) in [4.78, 5) is 14.5. The fourth-order valence-corrected chi connectivity index (χ4v) is 2.16. The van der Waals surface area contributed by atoms with E-state index >= 15 is 0 Å². The molecule has 0 aliphatic rings. The van der Waals surface area contributed by atoms with Crippen molar-refractivity contribution in [3.63, 3.8) is 0 Å². The molecule has 2 aromatic rings. The number of hydrogen-bond acceptors (Lipinski definition) is 4. The Bertz CT molecular complexity index is 621. The fourth-order valence-electron chi connectivity index (χ4n) is 2.16. The van der Waals surface area contributed by atoms with E-state index in [9.17, 15) is 4.79 Å². The zero-order chi connectivity index (χ0) is 15.9. The van der Waals surface area contributed by atoms with E-state index < -0.39 is 0 Å². The number of carbonyl (C=O) groups excluding carboxylic acids is 1. The van der Waals surface area contributed by atoms with Crippen molar-refractivity contribution in [2.75, 3.05) is 27.2 Å². The van der Waals surface area contributed by atoms with E-state index in [0.717, 1.165) is 24.2 Å². The number of amides is 1. The van der Waals surface area contributed by atoms with E-state index in [-0.39, 0.29) is 5.91 Å². The number of carbonyl (C=O) groups is 1. The molecule has 1 amide bonds. The topological polar surface area (TPSA) is 76.2 Å². The van der Waals surface area contributed by atoms with Gasteiger partial charge in [0, 0.05) is 24.8 Å². The van der Waals surface area contributed by atoms with Gasteiger partial charge in [0.05, 0.1) is 17.4 Å². The molecule has 0 aliphatic carbocycles. The van der Waals surface area contributed by atoms with Crippen molar-refractivity contribution in [3.05, 3.63) is 47.8 Å². The van der Waals surface area contributed by atoms with Crippen LogP contribution in [0.1, 0.15) is 22.3 Å². The molecule has 0 saturated carbocycles. The van der Waals surface area contributed by atoms with Gasteiger partial charge >= 0.3 is 0 Å². The molecule has 6 nitrogen and oxygen atoms in total. The van der Waals surface area contributed by atoms with Crippen LogP contribution in [0.25, 0.3) is 5.69 Å². The van der Waals surface area contributed by atoms with E-state index in [2.05, 4.69) is 15.3 Å².